The molecular weight excluding hydrogens is 254 g/mol. The molecule has 2 heterocycles. The number of aromatic nitrogens is 2. The topological polar surface area (TPSA) is 76.3 Å². The predicted molar refractivity (Wildman–Crippen MR) is 80.9 cm³/mol. The summed E-state index contributed by atoms with van der Waals surface area (Å²) in [5, 5.41) is 0. The monoisotopic (exact) mass is 279 g/mol. The number of nitrogens with zero attached hydrogens (tertiary/aromatic N) is 3. The molecule has 1 aliphatic rings. The summed E-state index contributed by atoms with van der Waals surface area (Å²) in [7, 11) is 0. The number of ether oxygens (including phenoxy) is 1. The highest BCUT2D eigenvalue weighted by atomic mass is 16.5. The van der Waals surface area contributed by atoms with Crippen LogP contribution < -0.4 is 16.2 Å². The summed E-state index contributed by atoms with van der Waals surface area (Å²) in [6, 6.07) is 0. The average Bonchev–Trinajstić information content (AvgIpc) is 2.63. The number of nitrogens with two attached hydrogens (primary N) is 1. The second kappa shape index (κ2) is 6.37. The fourth-order valence-corrected chi connectivity index (χ4v) is 2.41. The zero-order valence-corrected chi connectivity index (χ0v) is 12.8. The van der Waals surface area contributed by atoms with Gasteiger partial charge in [0, 0.05) is 31.2 Å². The molecule has 1 aromatic rings. The van der Waals surface area contributed by atoms with Crippen molar-refractivity contribution in [3.63, 3.8) is 0 Å². The van der Waals surface area contributed by atoms with E-state index < -0.39 is 0 Å². The Morgan fingerprint density at radius 3 is 2.80 bits per heavy atom. The van der Waals surface area contributed by atoms with Crippen LogP contribution in [0.15, 0.2) is 0 Å². The van der Waals surface area contributed by atoms with Gasteiger partial charge in [0.1, 0.15) is 17.5 Å². The van der Waals surface area contributed by atoms with Gasteiger partial charge in [-0.1, -0.05) is 13.8 Å². The Morgan fingerprint density at radius 1 is 1.40 bits per heavy atom. The number of hydrogen-bond donors (Lipinski definition) is 2. The molecule has 2 rings (SSSR count). The van der Waals surface area contributed by atoms with Crippen molar-refractivity contribution >= 4 is 11.6 Å². The summed E-state index contributed by atoms with van der Waals surface area (Å²) < 4.78 is 5.70. The number of hydrogen-bond acceptors (Lipinski definition) is 6. The van der Waals surface area contributed by atoms with Crippen molar-refractivity contribution in [2.24, 2.45) is 5.84 Å². The summed E-state index contributed by atoms with van der Waals surface area (Å²) >= 11 is 0. The van der Waals surface area contributed by atoms with Gasteiger partial charge < -0.3 is 15.1 Å². The van der Waals surface area contributed by atoms with E-state index in [9.17, 15) is 0 Å². The molecule has 0 amide bonds. The maximum absolute atomic E-state index is 5.70. The lowest BCUT2D eigenvalue weighted by molar-refractivity contribution is 0.0820. The summed E-state index contributed by atoms with van der Waals surface area (Å²) in [4.78, 5) is 11.5. The third kappa shape index (κ3) is 3.19. The number of nitrogens with one attached hydrogen (secondary N) is 1. The zero-order chi connectivity index (χ0) is 14.7. The molecule has 1 fully saturated rings. The van der Waals surface area contributed by atoms with Crippen LogP contribution in [0.1, 0.15) is 44.5 Å². The third-order valence-electron chi connectivity index (χ3n) is 3.54. The largest absolute Gasteiger partial charge is 0.377 e. The molecule has 0 aliphatic carbocycles. The summed E-state index contributed by atoms with van der Waals surface area (Å²) in [6.45, 7) is 10.9. The first-order chi connectivity index (χ1) is 9.52. The molecule has 0 radical (unpaired) electrons. The molecule has 0 spiro atoms. The highest BCUT2D eigenvalue weighted by molar-refractivity contribution is 5.58. The van der Waals surface area contributed by atoms with Gasteiger partial charge in [0.25, 0.3) is 0 Å². The van der Waals surface area contributed by atoms with Gasteiger partial charge >= 0.3 is 0 Å². The van der Waals surface area contributed by atoms with Gasteiger partial charge in [0.15, 0.2) is 0 Å². The van der Waals surface area contributed by atoms with E-state index in [2.05, 4.69) is 36.1 Å². The van der Waals surface area contributed by atoms with Crippen LogP contribution >= 0.6 is 0 Å². The van der Waals surface area contributed by atoms with Gasteiger partial charge in [-0.25, -0.2) is 15.8 Å². The molecule has 20 heavy (non-hydrogen) atoms. The van der Waals surface area contributed by atoms with E-state index in [1.54, 1.807) is 0 Å². The van der Waals surface area contributed by atoms with Gasteiger partial charge in [0.2, 0.25) is 0 Å². The summed E-state index contributed by atoms with van der Waals surface area (Å²) in [5.41, 5.74) is 3.68. The van der Waals surface area contributed by atoms with Crippen LogP contribution in [0.25, 0.3) is 0 Å². The molecule has 6 nitrogen and oxygen atoms in total. The SMILES string of the molecule is Cc1c(NN)nc(C(C)C)nc1N1CCCOC(C)C1. The Bertz CT molecular complexity index is 463. The molecule has 3 N–H and O–H groups in total. The molecule has 0 saturated carbocycles. The van der Waals surface area contributed by atoms with Crippen molar-refractivity contribution in [1.29, 1.82) is 0 Å². The third-order valence-corrected chi connectivity index (χ3v) is 3.54. The Balaban J connectivity index is 2.40. The van der Waals surface area contributed by atoms with Crippen LogP contribution in [0.2, 0.25) is 0 Å². The number of rotatable bonds is 3. The Labute approximate surface area is 120 Å². The smallest absolute Gasteiger partial charge is 0.148 e. The first-order valence-electron chi connectivity index (χ1n) is 7.24. The van der Waals surface area contributed by atoms with Crippen molar-refractivity contribution in [3.05, 3.63) is 11.4 Å². The van der Waals surface area contributed by atoms with Gasteiger partial charge in [-0.2, -0.15) is 0 Å². The standard InChI is InChI=1S/C14H25N5O/c1-9(2)12-16-13(18-15)11(4)14(17-12)19-6-5-7-20-10(3)8-19/h9-10H,5-8,15H2,1-4H3,(H,16,17,18). The fraction of sp³-hybridized carbons (Fsp3) is 0.714. The van der Waals surface area contributed by atoms with Crippen LogP contribution in [0, 0.1) is 6.92 Å². The molecule has 1 aromatic heterocycles. The van der Waals surface area contributed by atoms with Crippen molar-refractivity contribution < 1.29 is 4.74 Å². The van der Waals surface area contributed by atoms with E-state index in [-0.39, 0.29) is 12.0 Å². The molecule has 1 aliphatic heterocycles. The second-order valence-electron chi connectivity index (χ2n) is 5.66. The maximum Gasteiger partial charge on any atom is 0.148 e. The maximum atomic E-state index is 5.70. The minimum absolute atomic E-state index is 0.212. The van der Waals surface area contributed by atoms with E-state index in [0.29, 0.717) is 5.82 Å². The lowest BCUT2D eigenvalue weighted by Crippen LogP contribution is -2.32. The van der Waals surface area contributed by atoms with Crippen molar-refractivity contribution in [2.75, 3.05) is 30.0 Å². The Hall–Kier alpha value is -1.40. The van der Waals surface area contributed by atoms with E-state index in [4.69, 9.17) is 15.6 Å². The van der Waals surface area contributed by atoms with Crippen molar-refractivity contribution in [3.8, 4) is 0 Å². The first kappa shape index (κ1) is 15.0. The van der Waals surface area contributed by atoms with Gasteiger partial charge in [0.05, 0.1) is 6.10 Å². The summed E-state index contributed by atoms with van der Waals surface area (Å²) in [5.74, 6) is 8.35. The first-order valence-corrected chi connectivity index (χ1v) is 7.24. The fourth-order valence-electron chi connectivity index (χ4n) is 2.41. The zero-order valence-electron chi connectivity index (χ0n) is 12.8. The summed E-state index contributed by atoms with van der Waals surface area (Å²) in [6.07, 6.45) is 1.22. The molecule has 112 valence electrons. The lowest BCUT2D eigenvalue weighted by atomic mass is 10.2. The van der Waals surface area contributed by atoms with Crippen molar-refractivity contribution in [1.82, 2.24) is 9.97 Å². The van der Waals surface area contributed by atoms with E-state index in [1.165, 1.54) is 0 Å². The molecule has 1 saturated heterocycles. The number of hydrazine groups is 1. The number of anilines is 2. The van der Waals surface area contributed by atoms with E-state index in [1.807, 2.05) is 6.92 Å². The molecule has 0 aromatic carbocycles. The van der Waals surface area contributed by atoms with Crippen molar-refractivity contribution in [2.45, 2.75) is 46.1 Å². The highest BCUT2D eigenvalue weighted by Gasteiger charge is 2.21. The van der Waals surface area contributed by atoms with Crippen LogP contribution in [0.4, 0.5) is 11.6 Å². The minimum Gasteiger partial charge on any atom is -0.377 e. The second-order valence-corrected chi connectivity index (χ2v) is 5.66. The normalized spacial score (nSPS) is 20.1. The van der Waals surface area contributed by atoms with E-state index in [0.717, 1.165) is 43.3 Å². The van der Waals surface area contributed by atoms with E-state index >= 15 is 0 Å². The lowest BCUT2D eigenvalue weighted by Gasteiger charge is -2.26. The van der Waals surface area contributed by atoms with Gasteiger partial charge in [-0.05, 0) is 20.3 Å². The molecule has 1 unspecified atom stereocenters. The Kier molecular flexibility index (Phi) is 4.77. The molecule has 6 heteroatoms. The molecule has 1 atom stereocenters. The minimum atomic E-state index is 0.212. The average molecular weight is 279 g/mol. The van der Waals surface area contributed by atoms with Crippen LogP contribution in [-0.4, -0.2) is 35.8 Å². The molecule has 0 bridgehead atoms. The number of nitrogen functional groups attached to an aromatic ring is 1. The quantitative estimate of drug-likeness (QED) is 0.649. The van der Waals surface area contributed by atoms with Gasteiger partial charge in [-0.3, -0.25) is 0 Å². The Morgan fingerprint density at radius 2 is 2.15 bits per heavy atom. The van der Waals surface area contributed by atoms with Crippen LogP contribution in [0.5, 0.6) is 0 Å². The van der Waals surface area contributed by atoms with Gasteiger partial charge in [-0.15, -0.1) is 0 Å². The highest BCUT2D eigenvalue weighted by Crippen LogP contribution is 2.26. The molecular formula is C14H25N5O. The predicted octanol–water partition coefficient (Wildman–Crippen LogP) is 1.81. The van der Waals surface area contributed by atoms with Crippen LogP contribution in [0.3, 0.4) is 0 Å². The van der Waals surface area contributed by atoms with Crippen LogP contribution in [-0.2, 0) is 4.74 Å².